The van der Waals surface area contributed by atoms with Crippen LogP contribution < -0.4 is 5.32 Å². The molecule has 2 aromatic rings. The van der Waals surface area contributed by atoms with Crippen LogP contribution in [-0.2, 0) is 0 Å². The molecule has 1 heterocycles. The van der Waals surface area contributed by atoms with Crippen LogP contribution in [0.1, 0.15) is 24.1 Å². The van der Waals surface area contributed by atoms with Crippen molar-refractivity contribution in [2.24, 2.45) is 0 Å². The Morgan fingerprint density at radius 2 is 2.06 bits per heavy atom. The largest absolute Gasteiger partial charge is 0.376 e. The van der Waals surface area contributed by atoms with E-state index in [0.29, 0.717) is 11.1 Å². The minimum Gasteiger partial charge on any atom is -0.376 e. The summed E-state index contributed by atoms with van der Waals surface area (Å²) in [5.74, 6) is -0.811. The maximum atomic E-state index is 13.7. The van der Waals surface area contributed by atoms with Crippen LogP contribution in [0.2, 0.25) is 0 Å². The van der Waals surface area contributed by atoms with Crippen molar-refractivity contribution in [3.63, 3.8) is 0 Å². The molecular formula is C12H13F2N3. The summed E-state index contributed by atoms with van der Waals surface area (Å²) < 4.78 is 27.1. The van der Waals surface area contributed by atoms with Crippen LogP contribution >= 0.6 is 0 Å². The molecule has 17 heavy (non-hydrogen) atoms. The van der Waals surface area contributed by atoms with Gasteiger partial charge in [-0.1, -0.05) is 0 Å². The highest BCUT2D eigenvalue weighted by molar-refractivity contribution is 5.41. The molecule has 0 amide bonds. The van der Waals surface area contributed by atoms with Crippen LogP contribution in [0.25, 0.3) is 0 Å². The van der Waals surface area contributed by atoms with Gasteiger partial charge in [0.2, 0.25) is 0 Å². The zero-order valence-electron chi connectivity index (χ0n) is 9.59. The number of aromatic nitrogens is 2. The van der Waals surface area contributed by atoms with Gasteiger partial charge in [-0.05, 0) is 31.5 Å². The number of halogens is 2. The molecule has 1 atom stereocenters. The topological polar surface area (TPSA) is 40.7 Å². The Balaban J connectivity index is 2.24. The van der Waals surface area contributed by atoms with E-state index in [1.54, 1.807) is 19.3 Å². The summed E-state index contributed by atoms with van der Waals surface area (Å²) >= 11 is 0. The number of hydrogen-bond acceptors (Lipinski definition) is 2. The molecule has 1 aromatic heterocycles. The Kier molecular flexibility index (Phi) is 3.08. The van der Waals surface area contributed by atoms with Crippen LogP contribution in [-0.4, -0.2) is 10.2 Å². The van der Waals surface area contributed by atoms with E-state index in [0.717, 1.165) is 5.69 Å². The molecule has 3 nitrogen and oxygen atoms in total. The molecule has 1 unspecified atom stereocenters. The summed E-state index contributed by atoms with van der Waals surface area (Å²) in [5, 5.41) is 9.43. The second-order valence-corrected chi connectivity index (χ2v) is 3.98. The lowest BCUT2D eigenvalue weighted by Gasteiger charge is -2.15. The number of benzene rings is 1. The number of nitrogens with zero attached hydrogens (tertiary/aromatic N) is 1. The van der Waals surface area contributed by atoms with Gasteiger partial charge in [-0.2, -0.15) is 5.10 Å². The molecule has 0 bridgehead atoms. The van der Waals surface area contributed by atoms with Gasteiger partial charge in [0.25, 0.3) is 0 Å². The Morgan fingerprint density at radius 3 is 2.71 bits per heavy atom. The minimum absolute atomic E-state index is 0.300. The minimum atomic E-state index is -0.410. The Hall–Kier alpha value is -1.91. The normalized spacial score (nSPS) is 12.5. The number of aryl methyl sites for hydroxylation is 1. The van der Waals surface area contributed by atoms with Gasteiger partial charge in [0.15, 0.2) is 0 Å². The Labute approximate surface area is 97.9 Å². The van der Waals surface area contributed by atoms with Crippen molar-refractivity contribution in [2.75, 3.05) is 5.32 Å². The molecule has 2 rings (SSSR count). The summed E-state index contributed by atoms with van der Waals surface area (Å²) in [5.41, 5.74) is 1.34. The summed E-state index contributed by atoms with van der Waals surface area (Å²) in [6.45, 7) is 3.30. The maximum absolute atomic E-state index is 13.7. The second-order valence-electron chi connectivity index (χ2n) is 3.98. The number of nitrogens with one attached hydrogen (secondary N) is 2. The van der Waals surface area contributed by atoms with Crippen LogP contribution in [0.15, 0.2) is 24.5 Å². The first-order valence-electron chi connectivity index (χ1n) is 5.29. The highest BCUT2D eigenvalue weighted by Gasteiger charge is 2.13. The van der Waals surface area contributed by atoms with E-state index in [1.807, 2.05) is 0 Å². The predicted molar refractivity (Wildman–Crippen MR) is 61.7 cm³/mol. The lowest BCUT2D eigenvalue weighted by atomic mass is 10.0. The van der Waals surface area contributed by atoms with Gasteiger partial charge in [-0.15, -0.1) is 0 Å². The Morgan fingerprint density at radius 1 is 1.29 bits per heavy atom. The van der Waals surface area contributed by atoms with E-state index < -0.39 is 11.6 Å². The number of rotatable bonds is 3. The average molecular weight is 237 g/mol. The van der Waals surface area contributed by atoms with Crippen LogP contribution in [0.3, 0.4) is 0 Å². The fourth-order valence-electron chi connectivity index (χ4n) is 1.65. The fourth-order valence-corrected chi connectivity index (χ4v) is 1.65. The fraction of sp³-hybridized carbons (Fsp3) is 0.250. The molecule has 0 aliphatic rings. The zero-order valence-corrected chi connectivity index (χ0v) is 9.59. The maximum Gasteiger partial charge on any atom is 0.128 e. The van der Waals surface area contributed by atoms with Gasteiger partial charge in [0.1, 0.15) is 11.6 Å². The third-order valence-corrected chi connectivity index (χ3v) is 2.63. The SMILES string of the molecule is Cc1cc(F)c(C(C)Nc2cn[nH]c2)cc1F. The van der Waals surface area contributed by atoms with Crippen LogP contribution in [0, 0.1) is 18.6 Å². The summed E-state index contributed by atoms with van der Waals surface area (Å²) in [4.78, 5) is 0. The highest BCUT2D eigenvalue weighted by Crippen LogP contribution is 2.23. The lowest BCUT2D eigenvalue weighted by molar-refractivity contribution is 0.571. The molecule has 0 saturated carbocycles. The molecule has 5 heteroatoms. The van der Waals surface area contributed by atoms with Crippen LogP contribution in [0.5, 0.6) is 0 Å². The van der Waals surface area contributed by atoms with E-state index in [4.69, 9.17) is 0 Å². The van der Waals surface area contributed by atoms with Gasteiger partial charge in [-0.3, -0.25) is 5.10 Å². The van der Waals surface area contributed by atoms with Crippen molar-refractivity contribution in [3.8, 4) is 0 Å². The van der Waals surface area contributed by atoms with Crippen molar-refractivity contribution in [1.82, 2.24) is 10.2 Å². The first-order valence-corrected chi connectivity index (χ1v) is 5.29. The van der Waals surface area contributed by atoms with Gasteiger partial charge >= 0.3 is 0 Å². The third kappa shape index (κ3) is 2.43. The molecule has 2 N–H and O–H groups in total. The van der Waals surface area contributed by atoms with E-state index in [-0.39, 0.29) is 6.04 Å². The lowest BCUT2D eigenvalue weighted by Crippen LogP contribution is -2.09. The summed E-state index contributed by atoms with van der Waals surface area (Å²) in [6.07, 6.45) is 3.23. The number of hydrogen-bond donors (Lipinski definition) is 2. The van der Waals surface area contributed by atoms with E-state index >= 15 is 0 Å². The number of H-pyrrole nitrogens is 1. The van der Waals surface area contributed by atoms with Crippen molar-refractivity contribution >= 4 is 5.69 Å². The van der Waals surface area contributed by atoms with Crippen molar-refractivity contribution in [1.29, 1.82) is 0 Å². The molecule has 0 fully saturated rings. The van der Waals surface area contributed by atoms with Gasteiger partial charge < -0.3 is 5.32 Å². The quantitative estimate of drug-likeness (QED) is 0.860. The van der Waals surface area contributed by atoms with Crippen molar-refractivity contribution in [3.05, 3.63) is 47.3 Å². The standard InChI is InChI=1S/C12H13F2N3/c1-7-3-12(14)10(4-11(7)13)8(2)17-9-5-15-16-6-9/h3-6,8,17H,1-2H3,(H,15,16). The first kappa shape index (κ1) is 11.6. The van der Waals surface area contributed by atoms with E-state index in [2.05, 4.69) is 15.5 Å². The predicted octanol–water partition coefficient (Wildman–Crippen LogP) is 3.17. The van der Waals surface area contributed by atoms with Crippen molar-refractivity contribution in [2.45, 2.75) is 19.9 Å². The third-order valence-electron chi connectivity index (χ3n) is 2.63. The molecule has 0 radical (unpaired) electrons. The van der Waals surface area contributed by atoms with Gasteiger partial charge in [0.05, 0.1) is 17.9 Å². The van der Waals surface area contributed by atoms with Crippen molar-refractivity contribution < 1.29 is 8.78 Å². The van der Waals surface area contributed by atoms with Gasteiger partial charge in [-0.25, -0.2) is 8.78 Å². The number of aromatic amines is 1. The van der Waals surface area contributed by atoms with E-state index in [9.17, 15) is 8.78 Å². The van der Waals surface area contributed by atoms with Gasteiger partial charge in [0, 0.05) is 11.8 Å². The first-order chi connectivity index (χ1) is 8.08. The summed E-state index contributed by atoms with van der Waals surface area (Å²) in [7, 11) is 0. The number of anilines is 1. The molecule has 0 spiro atoms. The molecular weight excluding hydrogens is 224 g/mol. The molecule has 90 valence electrons. The van der Waals surface area contributed by atoms with E-state index in [1.165, 1.54) is 19.1 Å². The summed E-state index contributed by atoms with van der Waals surface area (Å²) in [6, 6.07) is 2.10. The second kappa shape index (κ2) is 4.53. The smallest absolute Gasteiger partial charge is 0.128 e. The monoisotopic (exact) mass is 237 g/mol. The molecule has 0 saturated heterocycles. The molecule has 1 aromatic carbocycles. The molecule has 0 aliphatic carbocycles. The highest BCUT2D eigenvalue weighted by atomic mass is 19.1. The average Bonchev–Trinajstić information content (AvgIpc) is 2.76. The zero-order chi connectivity index (χ0) is 12.4. The Bertz CT molecular complexity index is 509. The molecule has 0 aliphatic heterocycles. The van der Waals surface area contributed by atoms with Crippen LogP contribution in [0.4, 0.5) is 14.5 Å².